The summed E-state index contributed by atoms with van der Waals surface area (Å²) in [4.78, 5) is 0. The van der Waals surface area contributed by atoms with Crippen LogP contribution in [-0.2, 0) is 11.0 Å². The molecule has 21 heteroatoms. The fourth-order valence-electron chi connectivity index (χ4n) is 1.89. The van der Waals surface area contributed by atoms with Crippen LogP contribution in [0.2, 0.25) is 0 Å². The Morgan fingerprint density at radius 2 is 0.909 bits per heavy atom. The number of nitrogens with zero attached hydrogens (tertiary/aromatic N) is 1. The number of halogens is 17. The van der Waals surface area contributed by atoms with Gasteiger partial charge in [0.1, 0.15) is 0 Å². The Bertz CT molecular complexity index is 719. The standard InChI is InChI=1S/C12H10F17NO2S/c1-2-30(3-4-31)33(32)12(28,29)10(23,24)8(19,20)6(15,16)5(13,14)7(17,18)9(21,22)11(25,26)27/h31H,2-4H2,1H3. The van der Waals surface area contributed by atoms with E-state index < -0.39 is 82.0 Å². The maximum atomic E-state index is 13.7. The lowest BCUT2D eigenvalue weighted by Crippen LogP contribution is -2.75. The first-order valence-corrected chi connectivity index (χ1v) is 8.78. The second kappa shape index (κ2) is 8.83. The third kappa shape index (κ3) is 4.36. The fourth-order valence-corrected chi connectivity index (χ4v) is 3.04. The van der Waals surface area contributed by atoms with Gasteiger partial charge in [0.15, 0.2) is 11.0 Å². The van der Waals surface area contributed by atoms with Gasteiger partial charge >= 0.3 is 47.0 Å². The van der Waals surface area contributed by atoms with Crippen molar-refractivity contribution in [2.75, 3.05) is 19.7 Å². The highest BCUT2D eigenvalue weighted by Gasteiger charge is 2.95. The summed E-state index contributed by atoms with van der Waals surface area (Å²) < 4.78 is 234. The number of aliphatic hydroxyl groups excluding tert-OH is 1. The number of aliphatic hydroxyl groups is 1. The van der Waals surface area contributed by atoms with Crippen LogP contribution in [0.5, 0.6) is 0 Å². The Morgan fingerprint density at radius 3 is 1.18 bits per heavy atom. The van der Waals surface area contributed by atoms with Crippen molar-refractivity contribution >= 4 is 11.0 Å². The summed E-state index contributed by atoms with van der Waals surface area (Å²) in [6.45, 7) is -2.98. The number of rotatable bonds is 11. The molecule has 1 N–H and O–H groups in total. The quantitative estimate of drug-likeness (QED) is 0.368. The number of hydrogen-bond donors (Lipinski definition) is 1. The first-order chi connectivity index (χ1) is 14.2. The number of hydrogen-bond acceptors (Lipinski definition) is 2. The lowest BCUT2D eigenvalue weighted by Gasteiger charge is -2.42. The third-order valence-electron chi connectivity index (χ3n) is 3.85. The first-order valence-electron chi connectivity index (χ1n) is 7.67. The summed E-state index contributed by atoms with van der Waals surface area (Å²) in [5.41, 5.74) is 0. The largest absolute Gasteiger partial charge is 0.460 e. The van der Waals surface area contributed by atoms with Crippen LogP contribution in [-0.4, -0.2) is 80.3 Å². The molecule has 0 heterocycles. The topological polar surface area (TPSA) is 40.5 Å². The van der Waals surface area contributed by atoms with Crippen LogP contribution in [0, 0.1) is 0 Å². The van der Waals surface area contributed by atoms with Crippen LogP contribution >= 0.6 is 0 Å². The van der Waals surface area contributed by atoms with Gasteiger partial charge in [-0.3, -0.25) is 0 Å². The van der Waals surface area contributed by atoms with Crippen molar-refractivity contribution in [2.24, 2.45) is 0 Å². The zero-order valence-electron chi connectivity index (χ0n) is 15.3. The predicted molar refractivity (Wildman–Crippen MR) is 73.2 cm³/mol. The van der Waals surface area contributed by atoms with E-state index in [1.165, 1.54) is 0 Å². The lowest BCUT2D eigenvalue weighted by atomic mass is 9.91. The van der Waals surface area contributed by atoms with Crippen LogP contribution < -0.4 is 0 Å². The molecule has 0 radical (unpaired) electrons. The van der Waals surface area contributed by atoms with E-state index in [-0.39, 0.29) is 0 Å². The molecule has 1 unspecified atom stereocenters. The zero-order chi connectivity index (χ0) is 27.3. The average molecular weight is 555 g/mol. The maximum absolute atomic E-state index is 13.7. The van der Waals surface area contributed by atoms with Crippen LogP contribution in [0.15, 0.2) is 0 Å². The highest BCUT2D eigenvalue weighted by atomic mass is 32.2. The molecule has 200 valence electrons. The van der Waals surface area contributed by atoms with Crippen molar-refractivity contribution in [3.05, 3.63) is 0 Å². The third-order valence-corrected chi connectivity index (χ3v) is 5.45. The second-order valence-electron chi connectivity index (χ2n) is 5.96. The fraction of sp³-hybridized carbons (Fsp3) is 1.00. The molecule has 0 spiro atoms. The molecule has 0 amide bonds. The van der Waals surface area contributed by atoms with Crippen molar-refractivity contribution in [1.29, 1.82) is 0 Å². The first kappa shape index (κ1) is 31.9. The van der Waals surface area contributed by atoms with Crippen molar-refractivity contribution in [1.82, 2.24) is 4.31 Å². The SMILES string of the molecule is CCN(CCO)S(=O)C(F)(F)C(F)(F)C(F)(F)C(F)(F)C(F)(F)C(F)(F)C(F)(F)C(F)(F)F. The smallest absolute Gasteiger partial charge is 0.395 e. The minimum atomic E-state index is -8.74. The van der Waals surface area contributed by atoms with Crippen LogP contribution in [0.3, 0.4) is 0 Å². The van der Waals surface area contributed by atoms with E-state index in [0.29, 0.717) is 6.92 Å². The molecule has 0 aliphatic heterocycles. The van der Waals surface area contributed by atoms with E-state index in [0.717, 1.165) is 0 Å². The summed E-state index contributed by atoms with van der Waals surface area (Å²) in [7, 11) is -4.88. The maximum Gasteiger partial charge on any atom is 0.460 e. The van der Waals surface area contributed by atoms with Crippen molar-refractivity contribution in [2.45, 2.75) is 53.9 Å². The van der Waals surface area contributed by atoms with Crippen LogP contribution in [0.1, 0.15) is 6.92 Å². The van der Waals surface area contributed by atoms with Crippen molar-refractivity contribution in [3.63, 3.8) is 0 Å². The lowest BCUT2D eigenvalue weighted by molar-refractivity contribution is -0.458. The van der Waals surface area contributed by atoms with E-state index >= 15 is 0 Å². The van der Waals surface area contributed by atoms with Crippen molar-refractivity contribution < 1.29 is 84.0 Å². The zero-order valence-corrected chi connectivity index (χ0v) is 16.1. The van der Waals surface area contributed by atoms with E-state index in [2.05, 4.69) is 0 Å². The molecule has 1 atom stereocenters. The van der Waals surface area contributed by atoms with Crippen LogP contribution in [0.4, 0.5) is 74.6 Å². The molecular weight excluding hydrogens is 545 g/mol. The van der Waals surface area contributed by atoms with Gasteiger partial charge in [-0.25, -0.2) is 8.51 Å². The molecule has 0 aromatic rings. The van der Waals surface area contributed by atoms with Gasteiger partial charge in [-0.1, -0.05) is 6.92 Å². The second-order valence-corrected chi connectivity index (χ2v) is 7.48. The summed E-state index contributed by atoms with van der Waals surface area (Å²) in [5, 5.41) is 1.45. The Kier molecular flexibility index (Phi) is 8.53. The molecular formula is C12H10F17NO2S. The van der Waals surface area contributed by atoms with Crippen molar-refractivity contribution in [3.8, 4) is 0 Å². The molecule has 3 nitrogen and oxygen atoms in total. The van der Waals surface area contributed by atoms with E-state index in [1.54, 1.807) is 0 Å². The van der Waals surface area contributed by atoms with Gasteiger partial charge < -0.3 is 5.11 Å². The number of likely N-dealkylation sites (N-methyl/N-ethyl adjacent to an activating group) is 1. The number of alkyl halides is 17. The van der Waals surface area contributed by atoms with Gasteiger partial charge in [0.2, 0.25) is 0 Å². The van der Waals surface area contributed by atoms with E-state index in [9.17, 15) is 78.8 Å². The summed E-state index contributed by atoms with van der Waals surface area (Å²) in [5.74, 6) is -50.8. The Balaban J connectivity index is 6.79. The molecule has 0 aromatic carbocycles. The Hall–Kier alpha value is -1.12. The molecule has 0 aliphatic carbocycles. The summed E-state index contributed by atoms with van der Waals surface area (Å²) in [6, 6.07) is 0. The minimum absolute atomic E-state index is 0.493. The van der Waals surface area contributed by atoms with E-state index in [1.807, 2.05) is 0 Å². The normalized spacial score (nSPS) is 17.0. The highest BCUT2D eigenvalue weighted by molar-refractivity contribution is 7.83. The Morgan fingerprint density at radius 1 is 0.606 bits per heavy atom. The van der Waals surface area contributed by atoms with Gasteiger partial charge in [-0.05, 0) is 0 Å². The Labute approximate surface area is 174 Å². The monoisotopic (exact) mass is 555 g/mol. The molecule has 0 aromatic heterocycles. The predicted octanol–water partition coefficient (Wildman–Crippen LogP) is 4.93. The van der Waals surface area contributed by atoms with Gasteiger partial charge in [0.25, 0.3) is 0 Å². The van der Waals surface area contributed by atoms with Gasteiger partial charge in [-0.2, -0.15) is 74.6 Å². The molecule has 0 aliphatic rings. The van der Waals surface area contributed by atoms with Gasteiger partial charge in [0.05, 0.1) is 6.61 Å². The van der Waals surface area contributed by atoms with Crippen LogP contribution in [0.25, 0.3) is 0 Å². The molecule has 0 saturated carbocycles. The molecule has 33 heavy (non-hydrogen) atoms. The highest BCUT2D eigenvalue weighted by Crippen LogP contribution is 2.64. The molecule has 0 saturated heterocycles. The minimum Gasteiger partial charge on any atom is -0.395 e. The summed E-state index contributed by atoms with van der Waals surface area (Å²) in [6.07, 6.45) is -7.83. The average Bonchev–Trinajstić information content (AvgIpc) is 2.63. The summed E-state index contributed by atoms with van der Waals surface area (Å²) >= 11 is 0. The van der Waals surface area contributed by atoms with E-state index in [4.69, 9.17) is 5.11 Å². The molecule has 0 bridgehead atoms. The van der Waals surface area contributed by atoms with Gasteiger partial charge in [0, 0.05) is 13.1 Å². The van der Waals surface area contributed by atoms with Gasteiger partial charge in [-0.15, -0.1) is 0 Å². The molecule has 0 fully saturated rings. The molecule has 0 rings (SSSR count).